The first kappa shape index (κ1) is 9.46. The lowest BCUT2D eigenvalue weighted by molar-refractivity contribution is 1.11. The van der Waals surface area contributed by atoms with Gasteiger partial charge >= 0.3 is 0 Å². The molecule has 0 aliphatic carbocycles. The highest BCUT2D eigenvalue weighted by Crippen LogP contribution is 2.06. The molecule has 0 spiro atoms. The molecule has 2 rings (SSSR count). The van der Waals surface area contributed by atoms with E-state index in [1.807, 2.05) is 41.1 Å². The van der Waals surface area contributed by atoms with Crippen molar-refractivity contribution in [3.8, 4) is 0 Å². The molecule has 2 nitrogen and oxygen atoms in total. The van der Waals surface area contributed by atoms with Crippen LogP contribution in [0.5, 0.6) is 0 Å². The summed E-state index contributed by atoms with van der Waals surface area (Å²) < 4.78 is 1.87. The van der Waals surface area contributed by atoms with Gasteiger partial charge in [0, 0.05) is 18.6 Å². The molecule has 0 radical (unpaired) electrons. The monoisotopic (exact) mass is 196 g/mol. The van der Waals surface area contributed by atoms with E-state index < -0.39 is 0 Å². The Balaban J connectivity index is 2.22. The predicted molar refractivity (Wildman–Crippen MR) is 64.0 cm³/mol. The summed E-state index contributed by atoms with van der Waals surface area (Å²) in [7, 11) is 0. The molecule has 0 saturated carbocycles. The van der Waals surface area contributed by atoms with E-state index >= 15 is 0 Å². The normalized spacial score (nSPS) is 10.7. The molecule has 2 aromatic rings. The van der Waals surface area contributed by atoms with E-state index in [1.54, 1.807) is 12.4 Å². The Morgan fingerprint density at radius 2 is 1.93 bits per heavy atom. The molecule has 15 heavy (non-hydrogen) atoms. The van der Waals surface area contributed by atoms with Crippen LogP contribution in [-0.2, 0) is 0 Å². The van der Waals surface area contributed by atoms with E-state index in [9.17, 15) is 0 Å². The summed E-state index contributed by atoms with van der Waals surface area (Å²) in [5.74, 6) is 0.883. The third-order valence-electron chi connectivity index (χ3n) is 2.12. The minimum absolute atomic E-state index is 0.883. The molecule has 0 fully saturated rings. The zero-order chi connectivity index (χ0) is 10.5. The van der Waals surface area contributed by atoms with Crippen molar-refractivity contribution in [1.29, 1.82) is 0 Å². The first-order chi connectivity index (χ1) is 7.40. The summed E-state index contributed by atoms with van der Waals surface area (Å²) in [6, 6.07) is 10.1. The largest absolute Gasteiger partial charge is 0.308 e. The van der Waals surface area contributed by atoms with E-state index in [1.165, 1.54) is 0 Å². The molecular formula is C13H12N2. The molecular weight excluding hydrogens is 184 g/mol. The summed E-state index contributed by atoms with van der Waals surface area (Å²) in [5.41, 5.74) is 1.16. The van der Waals surface area contributed by atoms with Gasteiger partial charge in [0.05, 0.1) is 0 Å². The van der Waals surface area contributed by atoms with Gasteiger partial charge in [-0.3, -0.25) is 0 Å². The van der Waals surface area contributed by atoms with Crippen LogP contribution in [0.4, 0.5) is 0 Å². The average molecular weight is 196 g/mol. The van der Waals surface area contributed by atoms with Crippen molar-refractivity contribution in [2.45, 2.75) is 0 Å². The van der Waals surface area contributed by atoms with Crippen LogP contribution >= 0.6 is 0 Å². The van der Waals surface area contributed by atoms with Crippen LogP contribution in [0.25, 0.3) is 18.4 Å². The SMILES string of the molecule is C=Cn1ccnc1C=Cc1ccccc1. The number of rotatable bonds is 3. The van der Waals surface area contributed by atoms with Gasteiger partial charge in [-0.2, -0.15) is 0 Å². The lowest BCUT2D eigenvalue weighted by atomic mass is 10.2. The highest BCUT2D eigenvalue weighted by atomic mass is 15.0. The van der Waals surface area contributed by atoms with E-state index in [0.717, 1.165) is 11.4 Å². The van der Waals surface area contributed by atoms with Gasteiger partial charge in [-0.15, -0.1) is 0 Å². The molecule has 1 aromatic heterocycles. The minimum Gasteiger partial charge on any atom is -0.308 e. The van der Waals surface area contributed by atoms with Crippen molar-refractivity contribution in [1.82, 2.24) is 9.55 Å². The smallest absolute Gasteiger partial charge is 0.136 e. The maximum Gasteiger partial charge on any atom is 0.136 e. The first-order valence-corrected chi connectivity index (χ1v) is 4.78. The minimum atomic E-state index is 0.883. The molecule has 2 heteroatoms. The number of nitrogens with zero attached hydrogens (tertiary/aromatic N) is 2. The second-order valence-electron chi connectivity index (χ2n) is 3.12. The second kappa shape index (κ2) is 4.42. The first-order valence-electron chi connectivity index (χ1n) is 4.78. The Morgan fingerprint density at radius 1 is 1.13 bits per heavy atom. The zero-order valence-corrected chi connectivity index (χ0v) is 8.38. The topological polar surface area (TPSA) is 17.8 Å². The highest BCUT2D eigenvalue weighted by Gasteiger charge is 1.93. The third-order valence-corrected chi connectivity index (χ3v) is 2.12. The molecule has 1 aromatic carbocycles. The van der Waals surface area contributed by atoms with Gasteiger partial charge in [0.2, 0.25) is 0 Å². The molecule has 0 N–H and O–H groups in total. The lowest BCUT2D eigenvalue weighted by Gasteiger charge is -1.95. The van der Waals surface area contributed by atoms with E-state index in [2.05, 4.69) is 23.7 Å². The van der Waals surface area contributed by atoms with Crippen molar-refractivity contribution in [2.24, 2.45) is 0 Å². The van der Waals surface area contributed by atoms with Crippen molar-refractivity contribution in [2.75, 3.05) is 0 Å². The Labute approximate surface area is 89.2 Å². The van der Waals surface area contributed by atoms with Gasteiger partial charge < -0.3 is 4.57 Å². The third kappa shape index (κ3) is 2.23. The Kier molecular flexibility index (Phi) is 2.79. The number of benzene rings is 1. The van der Waals surface area contributed by atoms with E-state index in [0.29, 0.717) is 0 Å². The average Bonchev–Trinajstić information content (AvgIpc) is 2.75. The van der Waals surface area contributed by atoms with Crippen LogP contribution in [0.3, 0.4) is 0 Å². The lowest BCUT2D eigenvalue weighted by Crippen LogP contribution is -1.86. The standard InChI is InChI=1S/C13H12N2/c1-2-15-11-10-14-13(15)9-8-12-6-4-3-5-7-12/h2-11H,1H2. The van der Waals surface area contributed by atoms with E-state index in [4.69, 9.17) is 0 Å². The van der Waals surface area contributed by atoms with Crippen LogP contribution in [0.1, 0.15) is 11.4 Å². The van der Waals surface area contributed by atoms with Gasteiger partial charge in [0.15, 0.2) is 0 Å². The molecule has 0 atom stereocenters. The van der Waals surface area contributed by atoms with Gasteiger partial charge in [-0.25, -0.2) is 4.98 Å². The summed E-state index contributed by atoms with van der Waals surface area (Å²) in [6.07, 6.45) is 9.36. The van der Waals surface area contributed by atoms with Crippen LogP contribution < -0.4 is 0 Å². The van der Waals surface area contributed by atoms with Crippen LogP contribution in [0, 0.1) is 0 Å². The summed E-state index contributed by atoms with van der Waals surface area (Å²) >= 11 is 0. The Morgan fingerprint density at radius 3 is 2.67 bits per heavy atom. The highest BCUT2D eigenvalue weighted by molar-refractivity contribution is 5.67. The molecule has 0 unspecified atom stereocenters. The second-order valence-corrected chi connectivity index (χ2v) is 3.12. The number of imidazole rings is 1. The quantitative estimate of drug-likeness (QED) is 0.737. The Bertz CT molecular complexity index is 466. The predicted octanol–water partition coefficient (Wildman–Crippen LogP) is 3.15. The molecule has 1 heterocycles. The summed E-state index contributed by atoms with van der Waals surface area (Å²) in [5, 5.41) is 0. The van der Waals surface area contributed by atoms with Crippen molar-refractivity contribution < 1.29 is 0 Å². The van der Waals surface area contributed by atoms with Gasteiger partial charge in [-0.1, -0.05) is 43.0 Å². The van der Waals surface area contributed by atoms with Crippen LogP contribution in [0.2, 0.25) is 0 Å². The van der Waals surface area contributed by atoms with Crippen molar-refractivity contribution in [3.63, 3.8) is 0 Å². The molecule has 0 aliphatic heterocycles. The van der Waals surface area contributed by atoms with Crippen molar-refractivity contribution >= 4 is 18.4 Å². The fraction of sp³-hybridized carbons (Fsp3) is 0. The number of aromatic nitrogens is 2. The summed E-state index contributed by atoms with van der Waals surface area (Å²) in [6.45, 7) is 3.71. The molecule has 0 saturated heterocycles. The molecule has 0 bridgehead atoms. The number of hydrogen-bond donors (Lipinski definition) is 0. The fourth-order valence-corrected chi connectivity index (χ4v) is 1.34. The van der Waals surface area contributed by atoms with Gasteiger partial charge in [-0.05, 0) is 11.6 Å². The fourth-order valence-electron chi connectivity index (χ4n) is 1.34. The number of hydrogen-bond acceptors (Lipinski definition) is 1. The molecule has 74 valence electrons. The van der Waals surface area contributed by atoms with E-state index in [-0.39, 0.29) is 0 Å². The molecule has 0 amide bonds. The van der Waals surface area contributed by atoms with Crippen molar-refractivity contribution in [3.05, 3.63) is 60.7 Å². The van der Waals surface area contributed by atoms with Gasteiger partial charge in [0.25, 0.3) is 0 Å². The maximum absolute atomic E-state index is 4.21. The Hall–Kier alpha value is -2.09. The zero-order valence-electron chi connectivity index (χ0n) is 8.38. The van der Waals surface area contributed by atoms with Gasteiger partial charge in [0.1, 0.15) is 5.82 Å². The van der Waals surface area contributed by atoms with Crippen LogP contribution in [-0.4, -0.2) is 9.55 Å². The van der Waals surface area contributed by atoms with Crippen LogP contribution in [0.15, 0.2) is 49.3 Å². The molecule has 0 aliphatic rings. The summed E-state index contributed by atoms with van der Waals surface area (Å²) in [4.78, 5) is 4.21. The maximum atomic E-state index is 4.21.